The molecule has 0 spiro atoms. The molecule has 4 amide bonds. The van der Waals surface area contributed by atoms with Gasteiger partial charge in [-0.2, -0.15) is 8.42 Å². The van der Waals surface area contributed by atoms with Crippen molar-refractivity contribution in [2.75, 3.05) is 0 Å². The first kappa shape index (κ1) is 21.1. The Morgan fingerprint density at radius 1 is 1.03 bits per heavy atom. The van der Waals surface area contributed by atoms with Crippen molar-refractivity contribution in [1.82, 2.24) is 10.6 Å². The molecule has 154 valence electrons. The minimum Gasteiger partial charge on any atom is -0.378 e. The van der Waals surface area contributed by atoms with E-state index in [9.17, 15) is 32.9 Å². The van der Waals surface area contributed by atoms with Crippen molar-refractivity contribution in [3.05, 3.63) is 68.2 Å². The largest absolute Gasteiger partial charge is 0.378 e. The highest BCUT2D eigenvalue weighted by atomic mass is 79.9. The summed E-state index contributed by atoms with van der Waals surface area (Å²) < 4.78 is 30.1. The lowest BCUT2D eigenvalue weighted by atomic mass is 10.1. The van der Waals surface area contributed by atoms with E-state index in [1.807, 2.05) is 10.6 Å². The summed E-state index contributed by atoms with van der Waals surface area (Å²) in [4.78, 5) is 44.3. The molecule has 2 aromatic rings. The van der Waals surface area contributed by atoms with Gasteiger partial charge in [0.15, 0.2) is 5.75 Å². The highest BCUT2D eigenvalue weighted by Gasteiger charge is 2.28. The number of amides is 4. The number of hydrogen-bond acceptors (Lipinski definition) is 8. The number of nitrogens with zero attached hydrogens (tertiary/aromatic N) is 1. The Morgan fingerprint density at radius 2 is 1.70 bits per heavy atom. The first-order valence-corrected chi connectivity index (χ1v) is 10.1. The van der Waals surface area contributed by atoms with Crippen molar-refractivity contribution in [2.24, 2.45) is 0 Å². The number of carbonyl (C=O) groups excluding carboxylic acids is 3. The van der Waals surface area contributed by atoms with Gasteiger partial charge >= 0.3 is 16.1 Å². The molecule has 0 atom stereocenters. The number of nitro groups is 1. The van der Waals surface area contributed by atoms with Gasteiger partial charge < -0.3 is 4.18 Å². The molecule has 0 aliphatic carbocycles. The summed E-state index contributed by atoms with van der Waals surface area (Å²) in [6, 6.07) is 7.44. The predicted octanol–water partition coefficient (Wildman–Crippen LogP) is 1.87. The zero-order valence-corrected chi connectivity index (χ0v) is 17.0. The number of halogens is 1. The summed E-state index contributed by atoms with van der Waals surface area (Å²) in [5, 5.41) is 14.7. The van der Waals surface area contributed by atoms with Crippen molar-refractivity contribution in [1.29, 1.82) is 0 Å². The van der Waals surface area contributed by atoms with Crippen LogP contribution < -0.4 is 14.8 Å². The second-order valence-corrected chi connectivity index (χ2v) is 8.18. The molecule has 2 N–H and O–H groups in total. The normalized spacial score (nSPS) is 14.0. The molecule has 1 aliphatic heterocycles. The minimum atomic E-state index is -4.37. The third kappa shape index (κ3) is 4.52. The van der Waals surface area contributed by atoms with Gasteiger partial charge in [0, 0.05) is 12.1 Å². The molecular weight excluding hydrogens is 486 g/mol. The monoisotopic (exact) mass is 495 g/mol. The second kappa shape index (κ2) is 8.04. The summed E-state index contributed by atoms with van der Waals surface area (Å²) in [6.07, 6.45) is 1.20. The molecule has 1 heterocycles. The average molecular weight is 496 g/mol. The summed E-state index contributed by atoms with van der Waals surface area (Å²) in [5.41, 5.74) is -0.403. The number of nitro benzene ring substituents is 1. The van der Waals surface area contributed by atoms with Crippen molar-refractivity contribution in [2.45, 2.75) is 4.90 Å². The molecule has 0 aromatic heterocycles. The smallest absolute Gasteiger partial charge is 0.339 e. The van der Waals surface area contributed by atoms with Crippen molar-refractivity contribution in [3.63, 3.8) is 0 Å². The first-order chi connectivity index (χ1) is 14.1. The lowest BCUT2D eigenvalue weighted by Crippen LogP contribution is -2.51. The molecule has 1 saturated heterocycles. The number of rotatable bonds is 5. The number of nitrogens with one attached hydrogen (secondary N) is 2. The number of hydrogen-bond donors (Lipinski definition) is 2. The summed E-state index contributed by atoms with van der Waals surface area (Å²) in [6.45, 7) is 0. The Morgan fingerprint density at radius 3 is 2.30 bits per heavy atom. The van der Waals surface area contributed by atoms with Gasteiger partial charge in [-0.1, -0.05) is 12.1 Å². The van der Waals surface area contributed by atoms with E-state index in [1.54, 1.807) is 0 Å². The second-order valence-electron chi connectivity index (χ2n) is 5.78. The molecular formula is C17H10BrN3O8S. The molecule has 0 bridgehead atoms. The fraction of sp³-hybridized carbons (Fsp3) is 0. The van der Waals surface area contributed by atoms with Gasteiger partial charge in [0.2, 0.25) is 0 Å². The first-order valence-electron chi connectivity index (χ1n) is 7.94. The van der Waals surface area contributed by atoms with Crippen LogP contribution in [0.4, 0.5) is 10.5 Å². The third-order valence-corrected chi connectivity index (χ3v) is 5.58. The highest BCUT2D eigenvalue weighted by molar-refractivity contribution is 9.10. The average Bonchev–Trinajstić information content (AvgIpc) is 2.66. The van der Waals surface area contributed by atoms with Gasteiger partial charge in [-0.05, 0) is 45.8 Å². The lowest BCUT2D eigenvalue weighted by Gasteiger charge is -2.14. The minimum absolute atomic E-state index is 0.128. The molecule has 1 aliphatic rings. The van der Waals surface area contributed by atoms with Crippen LogP contribution in [0.3, 0.4) is 0 Å². The molecule has 13 heteroatoms. The van der Waals surface area contributed by atoms with E-state index >= 15 is 0 Å². The van der Waals surface area contributed by atoms with Gasteiger partial charge in [-0.25, -0.2) is 4.79 Å². The number of urea groups is 1. The Bertz CT molecular complexity index is 1220. The topological polar surface area (TPSA) is 162 Å². The van der Waals surface area contributed by atoms with E-state index in [0.717, 1.165) is 18.2 Å². The molecule has 0 unspecified atom stereocenters. The van der Waals surface area contributed by atoms with Crippen molar-refractivity contribution >= 4 is 55.7 Å². The van der Waals surface area contributed by atoms with Gasteiger partial charge in [0.25, 0.3) is 17.5 Å². The fourth-order valence-electron chi connectivity index (χ4n) is 2.37. The molecule has 0 saturated carbocycles. The van der Waals surface area contributed by atoms with E-state index in [4.69, 9.17) is 4.18 Å². The molecule has 30 heavy (non-hydrogen) atoms. The van der Waals surface area contributed by atoms with Crippen molar-refractivity contribution < 1.29 is 31.9 Å². The maximum Gasteiger partial charge on any atom is 0.339 e. The molecule has 11 nitrogen and oxygen atoms in total. The Labute approximate surface area is 177 Å². The van der Waals surface area contributed by atoms with E-state index in [-0.39, 0.29) is 15.8 Å². The number of barbiturate groups is 1. The summed E-state index contributed by atoms with van der Waals surface area (Å²) >= 11 is 3.13. The lowest BCUT2D eigenvalue weighted by molar-refractivity contribution is -0.385. The highest BCUT2D eigenvalue weighted by Crippen LogP contribution is 2.30. The quantitative estimate of drug-likeness (QED) is 0.209. The maximum absolute atomic E-state index is 12.4. The molecule has 3 rings (SSSR count). The van der Waals surface area contributed by atoms with Crippen LogP contribution in [0.15, 0.2) is 57.4 Å². The Kier molecular flexibility index (Phi) is 5.67. The van der Waals surface area contributed by atoms with E-state index in [2.05, 4.69) is 15.9 Å². The zero-order chi connectivity index (χ0) is 22.1. The van der Waals surface area contributed by atoms with Crippen LogP contribution in [-0.4, -0.2) is 31.2 Å². The number of benzene rings is 2. The zero-order valence-electron chi connectivity index (χ0n) is 14.6. The Hall–Kier alpha value is -3.58. The summed E-state index contributed by atoms with van der Waals surface area (Å²) in [5.74, 6) is -1.89. The molecule has 2 aromatic carbocycles. The van der Waals surface area contributed by atoms with Gasteiger partial charge in [-0.15, -0.1) is 0 Å². The number of non-ortho nitro benzene ring substituents is 1. The Balaban J connectivity index is 1.87. The van der Waals surface area contributed by atoms with Crippen LogP contribution >= 0.6 is 15.9 Å². The van der Waals surface area contributed by atoms with Crippen LogP contribution in [0.2, 0.25) is 0 Å². The predicted molar refractivity (Wildman–Crippen MR) is 105 cm³/mol. The van der Waals surface area contributed by atoms with E-state index in [0.29, 0.717) is 5.56 Å². The van der Waals surface area contributed by atoms with E-state index < -0.39 is 43.5 Å². The van der Waals surface area contributed by atoms with Gasteiger partial charge in [-0.3, -0.25) is 30.3 Å². The van der Waals surface area contributed by atoms with Gasteiger partial charge in [0.05, 0.1) is 9.40 Å². The number of carbonyl (C=O) groups is 3. The maximum atomic E-state index is 12.4. The fourth-order valence-corrected chi connectivity index (χ4v) is 3.94. The SMILES string of the molecule is O=C1NC(=O)C(=Cc2ccc(OS(=O)(=O)c3cccc([N+](=O)[O-])c3)c(Br)c2)C(=O)N1. The van der Waals surface area contributed by atoms with Crippen LogP contribution in [0.5, 0.6) is 5.75 Å². The molecule has 0 radical (unpaired) electrons. The molecule has 1 fully saturated rings. The van der Waals surface area contributed by atoms with Crippen LogP contribution in [0.1, 0.15) is 5.56 Å². The van der Waals surface area contributed by atoms with Gasteiger partial charge in [0.1, 0.15) is 10.5 Å². The van der Waals surface area contributed by atoms with Crippen LogP contribution in [0.25, 0.3) is 6.08 Å². The standard InChI is InChI=1S/C17H10BrN3O8S/c18-13-7-9(6-12-15(22)19-17(24)20-16(12)23)4-5-14(13)29-30(27,28)11-3-1-2-10(8-11)21(25)26/h1-8H,(H2,19,20,22,23,24). The van der Waals surface area contributed by atoms with Crippen LogP contribution in [-0.2, 0) is 19.7 Å². The van der Waals surface area contributed by atoms with E-state index in [1.165, 1.54) is 30.3 Å². The van der Waals surface area contributed by atoms with Crippen LogP contribution in [0, 0.1) is 10.1 Å². The number of imide groups is 2. The summed E-state index contributed by atoms with van der Waals surface area (Å²) in [7, 11) is -4.37. The third-order valence-electron chi connectivity index (χ3n) is 3.73. The van der Waals surface area contributed by atoms with Crippen molar-refractivity contribution in [3.8, 4) is 5.75 Å².